The van der Waals surface area contributed by atoms with Gasteiger partial charge in [0.25, 0.3) is 5.91 Å². The fourth-order valence-electron chi connectivity index (χ4n) is 2.81. The first-order chi connectivity index (χ1) is 11.2. The molecule has 1 saturated carbocycles. The van der Waals surface area contributed by atoms with E-state index >= 15 is 0 Å². The van der Waals surface area contributed by atoms with Crippen LogP contribution < -0.4 is 5.32 Å². The summed E-state index contributed by atoms with van der Waals surface area (Å²) in [6, 6.07) is 7.55. The summed E-state index contributed by atoms with van der Waals surface area (Å²) in [7, 11) is 1.94. The quantitative estimate of drug-likeness (QED) is 0.692. The number of H-pyrrole nitrogens is 2. The summed E-state index contributed by atoms with van der Waals surface area (Å²) in [5, 5.41) is 16.9. The smallest absolute Gasteiger partial charge is 0.274 e. The number of anilines is 1. The minimum Gasteiger partial charge on any atom is -0.349 e. The van der Waals surface area contributed by atoms with Gasteiger partial charge in [-0.15, -0.1) is 0 Å². The molecule has 0 bridgehead atoms. The Morgan fingerprint density at radius 3 is 2.87 bits per heavy atom. The maximum atomic E-state index is 12.3. The van der Waals surface area contributed by atoms with E-state index in [1.54, 1.807) is 6.07 Å². The van der Waals surface area contributed by atoms with Crippen LogP contribution in [0.1, 0.15) is 41.4 Å². The summed E-state index contributed by atoms with van der Waals surface area (Å²) in [6.07, 6.45) is 5.59. The standard InChI is InChI=1S/C16H18N6O/c1-22-7-3-6-14(22)12-8-13(20-19-12)16(23)17-15-9-11(18-21-15)10-4-2-5-10/h3,6-10H,2,4-5H2,1H3,(H,19,20)(H2,17,18,21,23). The van der Waals surface area contributed by atoms with Crippen LogP contribution in [-0.4, -0.2) is 30.9 Å². The molecule has 1 amide bonds. The number of hydrogen-bond acceptors (Lipinski definition) is 3. The Bertz CT molecular complexity index is 838. The van der Waals surface area contributed by atoms with Gasteiger partial charge in [0.15, 0.2) is 5.82 Å². The van der Waals surface area contributed by atoms with Crippen molar-refractivity contribution in [2.45, 2.75) is 25.2 Å². The summed E-state index contributed by atoms with van der Waals surface area (Å²) >= 11 is 0. The molecule has 3 N–H and O–H groups in total. The molecular formula is C16H18N6O. The first-order valence-electron chi connectivity index (χ1n) is 7.74. The lowest BCUT2D eigenvalue weighted by Crippen LogP contribution is -2.12. The fraction of sp³-hybridized carbons (Fsp3) is 0.312. The highest BCUT2D eigenvalue weighted by Gasteiger charge is 2.22. The van der Waals surface area contributed by atoms with Crippen LogP contribution in [0.15, 0.2) is 30.5 Å². The van der Waals surface area contributed by atoms with E-state index < -0.39 is 0 Å². The minimum atomic E-state index is -0.246. The fourth-order valence-corrected chi connectivity index (χ4v) is 2.81. The number of carbonyl (C=O) groups excluding carboxylic acids is 1. The van der Waals surface area contributed by atoms with Gasteiger partial charge in [-0.3, -0.25) is 15.0 Å². The maximum Gasteiger partial charge on any atom is 0.274 e. The first kappa shape index (κ1) is 13.8. The van der Waals surface area contributed by atoms with Crippen molar-refractivity contribution in [3.63, 3.8) is 0 Å². The molecule has 1 aliphatic rings. The van der Waals surface area contributed by atoms with Crippen LogP contribution in [-0.2, 0) is 7.05 Å². The number of nitrogens with one attached hydrogen (secondary N) is 3. The summed E-state index contributed by atoms with van der Waals surface area (Å²) in [5.74, 6) is 0.862. The molecule has 1 fully saturated rings. The van der Waals surface area contributed by atoms with E-state index in [2.05, 4.69) is 25.7 Å². The molecule has 0 aliphatic heterocycles. The summed E-state index contributed by atoms with van der Waals surface area (Å²) in [4.78, 5) is 12.3. The van der Waals surface area contributed by atoms with Crippen LogP contribution in [0.2, 0.25) is 0 Å². The SMILES string of the molecule is Cn1cccc1-c1cc(C(=O)Nc2cc(C3CCC3)[nH]n2)[nH]n1. The van der Waals surface area contributed by atoms with Crippen molar-refractivity contribution >= 4 is 11.7 Å². The average Bonchev–Trinajstić information content (AvgIpc) is 3.17. The van der Waals surface area contributed by atoms with E-state index in [0.717, 1.165) is 17.1 Å². The van der Waals surface area contributed by atoms with E-state index in [-0.39, 0.29) is 5.91 Å². The van der Waals surface area contributed by atoms with Crippen molar-refractivity contribution in [3.05, 3.63) is 41.9 Å². The highest BCUT2D eigenvalue weighted by atomic mass is 16.2. The van der Waals surface area contributed by atoms with E-state index in [1.165, 1.54) is 19.3 Å². The van der Waals surface area contributed by atoms with Gasteiger partial charge in [-0.25, -0.2) is 0 Å². The zero-order chi connectivity index (χ0) is 15.8. The van der Waals surface area contributed by atoms with E-state index in [0.29, 0.717) is 17.4 Å². The highest BCUT2D eigenvalue weighted by Crippen LogP contribution is 2.35. The predicted molar refractivity (Wildman–Crippen MR) is 86.1 cm³/mol. The largest absolute Gasteiger partial charge is 0.349 e. The average molecular weight is 310 g/mol. The Kier molecular flexibility index (Phi) is 3.25. The second-order valence-electron chi connectivity index (χ2n) is 5.96. The van der Waals surface area contributed by atoms with Crippen molar-refractivity contribution < 1.29 is 4.79 Å². The molecule has 0 aromatic carbocycles. The van der Waals surface area contributed by atoms with E-state index in [4.69, 9.17) is 0 Å². The van der Waals surface area contributed by atoms with Gasteiger partial charge in [0, 0.05) is 30.9 Å². The molecule has 0 unspecified atom stereocenters. The molecule has 23 heavy (non-hydrogen) atoms. The number of carbonyl (C=O) groups is 1. The molecule has 0 spiro atoms. The Hall–Kier alpha value is -2.83. The molecule has 7 nitrogen and oxygen atoms in total. The lowest BCUT2D eigenvalue weighted by molar-refractivity contribution is 0.102. The summed E-state index contributed by atoms with van der Waals surface area (Å²) in [5.41, 5.74) is 3.20. The first-order valence-corrected chi connectivity index (χ1v) is 7.74. The highest BCUT2D eigenvalue weighted by molar-refractivity contribution is 6.02. The number of amides is 1. The molecule has 0 atom stereocenters. The van der Waals surface area contributed by atoms with Crippen molar-refractivity contribution in [2.24, 2.45) is 7.05 Å². The molecule has 1 aliphatic carbocycles. The molecule has 0 saturated heterocycles. The Labute approximate surface area is 133 Å². The van der Waals surface area contributed by atoms with Gasteiger partial charge in [0.2, 0.25) is 0 Å². The van der Waals surface area contributed by atoms with Gasteiger partial charge < -0.3 is 9.88 Å². The topological polar surface area (TPSA) is 91.4 Å². The normalized spacial score (nSPS) is 14.7. The van der Waals surface area contributed by atoms with Crippen molar-refractivity contribution in [1.29, 1.82) is 0 Å². The lowest BCUT2D eigenvalue weighted by atomic mass is 9.83. The van der Waals surface area contributed by atoms with Crippen LogP contribution in [0.25, 0.3) is 11.4 Å². The zero-order valence-electron chi connectivity index (χ0n) is 12.8. The third-order valence-electron chi connectivity index (χ3n) is 4.41. The van der Waals surface area contributed by atoms with Gasteiger partial charge in [-0.05, 0) is 31.0 Å². The second kappa shape index (κ2) is 5.42. The molecule has 3 aromatic rings. The van der Waals surface area contributed by atoms with Crippen LogP contribution in [0.3, 0.4) is 0 Å². The maximum absolute atomic E-state index is 12.3. The lowest BCUT2D eigenvalue weighted by Gasteiger charge is -2.23. The molecule has 4 rings (SSSR count). The minimum absolute atomic E-state index is 0.246. The Morgan fingerprint density at radius 2 is 2.17 bits per heavy atom. The van der Waals surface area contributed by atoms with Crippen molar-refractivity contribution in [3.8, 4) is 11.4 Å². The number of rotatable bonds is 4. The van der Waals surface area contributed by atoms with Crippen LogP contribution in [0, 0.1) is 0 Å². The van der Waals surface area contributed by atoms with Crippen LogP contribution in [0.5, 0.6) is 0 Å². The van der Waals surface area contributed by atoms with Gasteiger partial charge in [-0.2, -0.15) is 10.2 Å². The molecule has 0 radical (unpaired) electrons. The summed E-state index contributed by atoms with van der Waals surface area (Å²) < 4.78 is 1.95. The molecule has 118 valence electrons. The molecular weight excluding hydrogens is 292 g/mol. The second-order valence-corrected chi connectivity index (χ2v) is 5.96. The molecule has 3 aromatic heterocycles. The van der Waals surface area contributed by atoms with E-state index in [1.807, 2.05) is 36.0 Å². The van der Waals surface area contributed by atoms with Crippen molar-refractivity contribution in [1.82, 2.24) is 25.0 Å². The van der Waals surface area contributed by atoms with Gasteiger partial charge in [-0.1, -0.05) is 6.42 Å². The Morgan fingerprint density at radius 1 is 1.30 bits per heavy atom. The number of hydrogen-bond donors (Lipinski definition) is 3. The monoisotopic (exact) mass is 310 g/mol. The van der Waals surface area contributed by atoms with Gasteiger partial charge >= 0.3 is 0 Å². The third kappa shape index (κ3) is 2.54. The third-order valence-corrected chi connectivity index (χ3v) is 4.41. The number of nitrogens with zero attached hydrogens (tertiary/aromatic N) is 3. The molecule has 7 heteroatoms. The van der Waals surface area contributed by atoms with Crippen LogP contribution in [0.4, 0.5) is 5.82 Å². The van der Waals surface area contributed by atoms with Gasteiger partial charge in [0.1, 0.15) is 11.4 Å². The number of aryl methyl sites for hydroxylation is 1. The number of aromatic amines is 2. The predicted octanol–water partition coefficient (Wildman–Crippen LogP) is 2.66. The van der Waals surface area contributed by atoms with Crippen molar-refractivity contribution in [2.75, 3.05) is 5.32 Å². The Balaban J connectivity index is 1.48. The van der Waals surface area contributed by atoms with Crippen LogP contribution >= 0.6 is 0 Å². The summed E-state index contributed by atoms with van der Waals surface area (Å²) in [6.45, 7) is 0. The zero-order valence-corrected chi connectivity index (χ0v) is 12.8. The molecule has 3 heterocycles. The number of aromatic nitrogens is 5. The van der Waals surface area contributed by atoms with Gasteiger partial charge in [0.05, 0.1) is 5.69 Å². The van der Waals surface area contributed by atoms with E-state index in [9.17, 15) is 4.79 Å².